The van der Waals surface area contributed by atoms with Crippen LogP contribution in [0.15, 0.2) is 29.2 Å². The van der Waals surface area contributed by atoms with E-state index in [0.717, 1.165) is 28.4 Å². The first-order valence-electron chi connectivity index (χ1n) is 9.18. The zero-order valence-electron chi connectivity index (χ0n) is 14.6. The van der Waals surface area contributed by atoms with E-state index in [0.29, 0.717) is 0 Å². The highest BCUT2D eigenvalue weighted by atomic mass is 32.2. The predicted molar refractivity (Wildman–Crippen MR) is 97.4 cm³/mol. The van der Waals surface area contributed by atoms with Crippen LogP contribution in [0.4, 0.5) is 0 Å². The van der Waals surface area contributed by atoms with E-state index in [-0.39, 0.29) is 16.7 Å². The topological polar surface area (TPSA) is 38.3 Å². The molecule has 3 nitrogen and oxygen atoms in total. The van der Waals surface area contributed by atoms with Crippen molar-refractivity contribution in [3.05, 3.63) is 24.3 Å². The van der Waals surface area contributed by atoms with Crippen molar-refractivity contribution in [3.8, 4) is 5.75 Å². The SMILES string of the molecule is COc1ccc(S[C@@H](C)C(=O)NC23CC4CC(CC(C4)C2)C3)cc1. The highest BCUT2D eigenvalue weighted by Gasteiger charge is 2.51. The first kappa shape index (κ1) is 16.3. The van der Waals surface area contributed by atoms with Crippen molar-refractivity contribution in [2.24, 2.45) is 17.8 Å². The van der Waals surface area contributed by atoms with Crippen molar-refractivity contribution in [2.75, 3.05) is 7.11 Å². The molecule has 24 heavy (non-hydrogen) atoms. The number of nitrogens with one attached hydrogen (secondary N) is 1. The minimum Gasteiger partial charge on any atom is -0.497 e. The van der Waals surface area contributed by atoms with Gasteiger partial charge in [-0.1, -0.05) is 0 Å². The fourth-order valence-corrected chi connectivity index (χ4v) is 6.41. The molecule has 4 saturated carbocycles. The summed E-state index contributed by atoms with van der Waals surface area (Å²) in [6.07, 6.45) is 7.86. The maximum absolute atomic E-state index is 12.8. The van der Waals surface area contributed by atoms with Gasteiger partial charge in [0.1, 0.15) is 5.75 Å². The number of ether oxygens (including phenoxy) is 1. The summed E-state index contributed by atoms with van der Waals surface area (Å²) in [6.45, 7) is 2.02. The first-order valence-corrected chi connectivity index (χ1v) is 10.1. The summed E-state index contributed by atoms with van der Waals surface area (Å²) in [6, 6.07) is 7.95. The number of rotatable bonds is 5. The highest BCUT2D eigenvalue weighted by Crippen LogP contribution is 2.55. The van der Waals surface area contributed by atoms with Crippen LogP contribution in [0.5, 0.6) is 5.75 Å². The van der Waals surface area contributed by atoms with Crippen molar-refractivity contribution in [1.82, 2.24) is 5.32 Å². The van der Waals surface area contributed by atoms with Gasteiger partial charge in [0.15, 0.2) is 0 Å². The lowest BCUT2D eigenvalue weighted by Crippen LogP contribution is -2.60. The van der Waals surface area contributed by atoms with Gasteiger partial charge in [0.25, 0.3) is 0 Å². The van der Waals surface area contributed by atoms with Crippen LogP contribution >= 0.6 is 11.8 Å². The molecule has 1 aromatic carbocycles. The van der Waals surface area contributed by atoms with E-state index in [2.05, 4.69) is 5.32 Å². The number of methoxy groups -OCH3 is 1. The number of thioether (sulfide) groups is 1. The predicted octanol–water partition coefficient (Wildman–Crippen LogP) is 4.26. The zero-order valence-corrected chi connectivity index (χ0v) is 15.4. The molecule has 0 saturated heterocycles. The average Bonchev–Trinajstić information content (AvgIpc) is 2.53. The molecule has 130 valence electrons. The standard InChI is InChI=1S/C20H27NO2S/c1-13(24-18-5-3-17(23-2)4-6-18)19(22)21-20-10-14-7-15(11-20)9-16(8-14)12-20/h3-6,13-16H,7-12H2,1-2H3,(H,21,22)/t13-,14?,15?,16?,20?/m0/s1. The van der Waals surface area contributed by atoms with Gasteiger partial charge < -0.3 is 10.1 Å². The van der Waals surface area contributed by atoms with E-state index < -0.39 is 0 Å². The Balaban J connectivity index is 1.38. The van der Waals surface area contributed by atoms with Gasteiger partial charge in [-0.25, -0.2) is 0 Å². The quantitative estimate of drug-likeness (QED) is 0.810. The van der Waals surface area contributed by atoms with Crippen LogP contribution in [0.1, 0.15) is 45.4 Å². The van der Waals surface area contributed by atoms with Gasteiger partial charge in [-0.2, -0.15) is 0 Å². The van der Waals surface area contributed by atoms with Gasteiger partial charge in [0.2, 0.25) is 5.91 Å². The second-order valence-electron chi connectivity index (χ2n) is 8.12. The Morgan fingerprint density at radius 2 is 1.67 bits per heavy atom. The summed E-state index contributed by atoms with van der Waals surface area (Å²) in [4.78, 5) is 13.9. The second kappa shape index (κ2) is 6.29. The number of amides is 1. The van der Waals surface area contributed by atoms with E-state index in [4.69, 9.17) is 4.74 Å². The van der Waals surface area contributed by atoms with Crippen LogP contribution in [-0.2, 0) is 4.79 Å². The molecule has 4 bridgehead atoms. The van der Waals surface area contributed by atoms with E-state index in [1.807, 2.05) is 31.2 Å². The largest absolute Gasteiger partial charge is 0.497 e. The van der Waals surface area contributed by atoms with Crippen molar-refractivity contribution in [1.29, 1.82) is 0 Å². The average molecular weight is 346 g/mol. The van der Waals surface area contributed by atoms with Crippen molar-refractivity contribution in [3.63, 3.8) is 0 Å². The monoisotopic (exact) mass is 345 g/mol. The Morgan fingerprint density at radius 1 is 1.12 bits per heavy atom. The van der Waals surface area contributed by atoms with Crippen LogP contribution in [-0.4, -0.2) is 23.8 Å². The van der Waals surface area contributed by atoms with Crippen LogP contribution in [0.2, 0.25) is 0 Å². The number of benzene rings is 1. The van der Waals surface area contributed by atoms with Gasteiger partial charge in [0, 0.05) is 10.4 Å². The number of carbonyl (C=O) groups excluding carboxylic acids is 1. The first-order chi connectivity index (χ1) is 11.5. The molecule has 0 unspecified atom stereocenters. The third-order valence-electron chi connectivity index (χ3n) is 6.17. The third-order valence-corrected chi connectivity index (χ3v) is 7.28. The number of hydrogen-bond donors (Lipinski definition) is 1. The molecule has 0 heterocycles. The smallest absolute Gasteiger partial charge is 0.233 e. The Bertz CT molecular complexity index is 577. The van der Waals surface area contributed by atoms with Crippen LogP contribution in [0, 0.1) is 17.8 Å². The Hall–Kier alpha value is -1.16. The molecule has 4 fully saturated rings. The minimum atomic E-state index is -0.0635. The van der Waals surface area contributed by atoms with Crippen molar-refractivity contribution >= 4 is 17.7 Å². The Kier molecular flexibility index (Phi) is 4.27. The molecule has 0 aliphatic heterocycles. The molecule has 4 heteroatoms. The third kappa shape index (κ3) is 3.17. The van der Waals surface area contributed by atoms with Gasteiger partial charge in [0.05, 0.1) is 12.4 Å². The zero-order chi connectivity index (χ0) is 16.7. The van der Waals surface area contributed by atoms with Crippen molar-refractivity contribution in [2.45, 2.75) is 61.1 Å². The molecule has 0 aromatic heterocycles. The summed E-state index contributed by atoms with van der Waals surface area (Å²) in [5.74, 6) is 3.64. The van der Waals surface area contributed by atoms with Gasteiger partial charge >= 0.3 is 0 Å². The molecule has 5 rings (SSSR count). The van der Waals surface area contributed by atoms with Gasteiger partial charge in [-0.3, -0.25) is 4.79 Å². The van der Waals surface area contributed by atoms with Crippen LogP contribution in [0.3, 0.4) is 0 Å². The van der Waals surface area contributed by atoms with Gasteiger partial charge in [-0.15, -0.1) is 11.8 Å². The van der Waals surface area contributed by atoms with Crippen LogP contribution < -0.4 is 10.1 Å². The maximum atomic E-state index is 12.8. The summed E-state index contributed by atoms with van der Waals surface area (Å²) >= 11 is 1.63. The fraction of sp³-hybridized carbons (Fsp3) is 0.650. The van der Waals surface area contributed by atoms with Gasteiger partial charge in [-0.05, 0) is 87.5 Å². The lowest BCUT2D eigenvalue weighted by molar-refractivity contribution is -0.126. The van der Waals surface area contributed by atoms with Crippen LogP contribution in [0.25, 0.3) is 0 Å². The molecular weight excluding hydrogens is 318 g/mol. The molecule has 1 aromatic rings. The lowest BCUT2D eigenvalue weighted by Gasteiger charge is -2.57. The summed E-state index contributed by atoms with van der Waals surface area (Å²) in [5, 5.41) is 3.42. The highest BCUT2D eigenvalue weighted by molar-refractivity contribution is 8.00. The fourth-order valence-electron chi connectivity index (χ4n) is 5.54. The van der Waals surface area contributed by atoms with E-state index in [9.17, 15) is 4.79 Å². The maximum Gasteiger partial charge on any atom is 0.233 e. The molecule has 0 radical (unpaired) electrons. The molecule has 1 amide bonds. The van der Waals surface area contributed by atoms with E-state index >= 15 is 0 Å². The molecular formula is C20H27NO2S. The molecule has 1 atom stereocenters. The molecule has 1 N–H and O–H groups in total. The number of hydrogen-bond acceptors (Lipinski definition) is 3. The lowest BCUT2D eigenvalue weighted by atomic mass is 9.53. The Morgan fingerprint density at radius 3 is 2.17 bits per heavy atom. The van der Waals surface area contributed by atoms with E-state index in [1.165, 1.54) is 38.5 Å². The molecule has 4 aliphatic carbocycles. The summed E-state index contributed by atoms with van der Waals surface area (Å²) in [5.41, 5.74) is 0.112. The second-order valence-corrected chi connectivity index (χ2v) is 9.54. The van der Waals surface area contributed by atoms with Crippen molar-refractivity contribution < 1.29 is 9.53 Å². The molecule has 4 aliphatic rings. The normalized spacial score (nSPS) is 34.8. The summed E-state index contributed by atoms with van der Waals surface area (Å²) in [7, 11) is 1.67. The summed E-state index contributed by atoms with van der Waals surface area (Å²) < 4.78 is 5.19. The molecule has 0 spiro atoms. The van der Waals surface area contributed by atoms with E-state index in [1.54, 1.807) is 18.9 Å². The minimum absolute atomic E-state index is 0.0635. The number of carbonyl (C=O) groups is 1. The Labute approximate surface area is 148 Å².